The van der Waals surface area contributed by atoms with Crippen molar-refractivity contribution in [3.63, 3.8) is 0 Å². The van der Waals surface area contributed by atoms with Gasteiger partial charge in [0.1, 0.15) is 5.01 Å². The van der Waals surface area contributed by atoms with E-state index in [1.165, 1.54) is 40.9 Å². The van der Waals surface area contributed by atoms with E-state index in [9.17, 15) is 9.59 Å². The Bertz CT molecular complexity index is 678. The van der Waals surface area contributed by atoms with E-state index in [1.807, 2.05) is 5.38 Å². The Morgan fingerprint density at radius 2 is 2.10 bits per heavy atom. The molecule has 2 aromatic rings. The summed E-state index contributed by atoms with van der Waals surface area (Å²) in [6.07, 6.45) is 2.34. The van der Waals surface area contributed by atoms with Crippen LogP contribution in [0.2, 0.25) is 0 Å². The van der Waals surface area contributed by atoms with Gasteiger partial charge < -0.3 is 10.4 Å². The third kappa shape index (κ3) is 3.56. The molecule has 0 bridgehead atoms. The van der Waals surface area contributed by atoms with Gasteiger partial charge in [0.2, 0.25) is 0 Å². The molecule has 110 valence electrons. The van der Waals surface area contributed by atoms with Gasteiger partial charge >= 0.3 is 12.0 Å². The summed E-state index contributed by atoms with van der Waals surface area (Å²) >= 11 is 2.60. The van der Waals surface area contributed by atoms with Crippen LogP contribution in [0.4, 0.5) is 9.93 Å². The molecule has 1 fully saturated rings. The van der Waals surface area contributed by atoms with Gasteiger partial charge in [-0.15, -0.1) is 22.7 Å². The van der Waals surface area contributed by atoms with Crippen molar-refractivity contribution in [3.05, 3.63) is 27.2 Å². The number of carboxylic acid groups (broad SMARTS) is 1. The lowest BCUT2D eigenvalue weighted by molar-refractivity contribution is 0.0691. The Labute approximate surface area is 128 Å². The van der Waals surface area contributed by atoms with Gasteiger partial charge in [-0.2, -0.15) is 0 Å². The Kier molecular flexibility index (Phi) is 3.84. The Hall–Kier alpha value is -2.00. The van der Waals surface area contributed by atoms with Crippen LogP contribution in [0.25, 0.3) is 0 Å². The number of urea groups is 1. The normalized spacial score (nSPS) is 13.9. The molecule has 2 heterocycles. The van der Waals surface area contributed by atoms with E-state index >= 15 is 0 Å². The molecule has 0 atom stereocenters. The topological polar surface area (TPSA) is 104 Å². The molecule has 21 heavy (non-hydrogen) atoms. The summed E-state index contributed by atoms with van der Waals surface area (Å²) in [5.41, 5.74) is 1.03. The van der Waals surface area contributed by atoms with Crippen LogP contribution in [0.1, 0.15) is 39.9 Å². The predicted octanol–water partition coefficient (Wildman–Crippen LogP) is 2.50. The van der Waals surface area contributed by atoms with E-state index in [0.717, 1.165) is 5.69 Å². The number of amides is 2. The van der Waals surface area contributed by atoms with Crippen LogP contribution in [-0.4, -0.2) is 27.1 Å². The maximum atomic E-state index is 11.7. The monoisotopic (exact) mass is 324 g/mol. The van der Waals surface area contributed by atoms with Gasteiger partial charge in [0.05, 0.1) is 12.2 Å². The Balaban J connectivity index is 1.49. The average Bonchev–Trinajstić information content (AvgIpc) is 3.00. The van der Waals surface area contributed by atoms with Crippen molar-refractivity contribution in [2.75, 3.05) is 5.32 Å². The van der Waals surface area contributed by atoms with E-state index in [2.05, 4.69) is 20.6 Å². The van der Waals surface area contributed by atoms with E-state index < -0.39 is 5.97 Å². The largest absolute Gasteiger partial charge is 0.476 e. The van der Waals surface area contributed by atoms with Gasteiger partial charge in [-0.1, -0.05) is 0 Å². The molecule has 0 aliphatic heterocycles. The number of carbonyl (C=O) groups is 2. The van der Waals surface area contributed by atoms with Gasteiger partial charge in [0, 0.05) is 16.7 Å². The predicted molar refractivity (Wildman–Crippen MR) is 79.0 cm³/mol. The smallest absolute Gasteiger partial charge is 0.355 e. The SMILES string of the molecule is O=C(NCc1nc(C(=O)O)cs1)Nc1nc(C2CC2)cs1. The zero-order valence-corrected chi connectivity index (χ0v) is 12.5. The highest BCUT2D eigenvalue weighted by Gasteiger charge is 2.26. The Morgan fingerprint density at radius 3 is 2.76 bits per heavy atom. The fraction of sp³-hybridized carbons (Fsp3) is 0.333. The summed E-state index contributed by atoms with van der Waals surface area (Å²) in [4.78, 5) is 30.7. The van der Waals surface area contributed by atoms with Crippen molar-refractivity contribution in [2.45, 2.75) is 25.3 Å². The first kappa shape index (κ1) is 14.0. The van der Waals surface area contributed by atoms with E-state index in [-0.39, 0.29) is 18.3 Å². The molecule has 0 aromatic carbocycles. The number of rotatable bonds is 5. The number of aromatic carboxylic acids is 1. The van der Waals surface area contributed by atoms with Crippen molar-refractivity contribution in [1.29, 1.82) is 0 Å². The summed E-state index contributed by atoms with van der Waals surface area (Å²) < 4.78 is 0. The van der Waals surface area contributed by atoms with Gasteiger partial charge in [-0.25, -0.2) is 19.6 Å². The highest BCUT2D eigenvalue weighted by atomic mass is 32.1. The molecule has 3 N–H and O–H groups in total. The number of carboxylic acids is 1. The van der Waals surface area contributed by atoms with Crippen LogP contribution in [-0.2, 0) is 6.54 Å². The van der Waals surface area contributed by atoms with Gasteiger partial charge in [0.15, 0.2) is 10.8 Å². The van der Waals surface area contributed by atoms with Gasteiger partial charge in [0.25, 0.3) is 0 Å². The summed E-state index contributed by atoms with van der Waals surface area (Å²) in [5.74, 6) is -0.512. The molecular formula is C12H12N4O3S2. The standard InChI is InChI=1S/C12H12N4O3S2/c17-10(18)8-5-20-9(14-8)3-13-11(19)16-12-15-7(4-21-12)6-1-2-6/h4-6H,1-3H2,(H,17,18)(H2,13,15,16,19). The third-order valence-corrected chi connectivity index (χ3v) is 4.53. The van der Waals surface area contributed by atoms with E-state index in [4.69, 9.17) is 5.11 Å². The minimum Gasteiger partial charge on any atom is -0.476 e. The van der Waals surface area contributed by atoms with Crippen molar-refractivity contribution in [3.8, 4) is 0 Å². The number of hydrogen-bond acceptors (Lipinski definition) is 6. The minimum atomic E-state index is -1.07. The van der Waals surface area contributed by atoms with Crippen LogP contribution in [0, 0.1) is 0 Å². The number of nitrogens with one attached hydrogen (secondary N) is 2. The molecule has 2 amide bonds. The molecule has 3 rings (SSSR count). The van der Waals surface area contributed by atoms with Gasteiger partial charge in [-0.3, -0.25) is 5.32 Å². The molecule has 0 radical (unpaired) electrons. The maximum absolute atomic E-state index is 11.7. The lowest BCUT2D eigenvalue weighted by atomic mass is 10.3. The molecule has 0 unspecified atom stereocenters. The number of anilines is 1. The average molecular weight is 324 g/mol. The molecule has 2 aromatic heterocycles. The second-order valence-corrected chi connectivity index (χ2v) is 6.39. The maximum Gasteiger partial charge on any atom is 0.355 e. The van der Waals surface area contributed by atoms with Crippen molar-refractivity contribution < 1.29 is 14.7 Å². The first-order valence-corrected chi connectivity index (χ1v) is 8.05. The quantitative estimate of drug-likeness (QED) is 0.784. The number of aromatic nitrogens is 2. The van der Waals surface area contributed by atoms with Gasteiger partial charge in [-0.05, 0) is 12.8 Å². The van der Waals surface area contributed by atoms with Crippen LogP contribution in [0.15, 0.2) is 10.8 Å². The summed E-state index contributed by atoms with van der Waals surface area (Å²) in [7, 11) is 0. The second-order valence-electron chi connectivity index (χ2n) is 4.59. The lowest BCUT2D eigenvalue weighted by Crippen LogP contribution is -2.28. The molecule has 9 heteroatoms. The van der Waals surface area contributed by atoms with Crippen molar-refractivity contribution in [2.24, 2.45) is 0 Å². The molecule has 1 aliphatic carbocycles. The molecule has 1 aliphatic rings. The number of hydrogen-bond donors (Lipinski definition) is 3. The fourth-order valence-electron chi connectivity index (χ4n) is 1.70. The molecular weight excluding hydrogens is 312 g/mol. The molecule has 1 saturated carbocycles. The van der Waals surface area contributed by atoms with E-state index in [0.29, 0.717) is 16.1 Å². The number of carbonyl (C=O) groups excluding carboxylic acids is 1. The van der Waals surface area contributed by atoms with Crippen LogP contribution < -0.4 is 10.6 Å². The highest BCUT2D eigenvalue weighted by Crippen LogP contribution is 2.40. The zero-order valence-electron chi connectivity index (χ0n) is 10.8. The first-order chi connectivity index (χ1) is 10.1. The fourth-order valence-corrected chi connectivity index (χ4v) is 3.19. The number of nitrogens with zero attached hydrogens (tertiary/aromatic N) is 2. The lowest BCUT2D eigenvalue weighted by Gasteiger charge is -2.02. The van der Waals surface area contributed by atoms with E-state index in [1.54, 1.807) is 0 Å². The second kappa shape index (κ2) is 5.78. The Morgan fingerprint density at radius 1 is 1.29 bits per heavy atom. The summed E-state index contributed by atoms with van der Waals surface area (Å²) in [6.45, 7) is 0.185. The molecule has 7 nitrogen and oxygen atoms in total. The van der Waals surface area contributed by atoms with Crippen molar-refractivity contribution in [1.82, 2.24) is 15.3 Å². The van der Waals surface area contributed by atoms with Crippen LogP contribution >= 0.6 is 22.7 Å². The van der Waals surface area contributed by atoms with Crippen molar-refractivity contribution >= 4 is 39.8 Å². The van der Waals surface area contributed by atoms with Crippen LogP contribution in [0.5, 0.6) is 0 Å². The summed E-state index contributed by atoms with van der Waals surface area (Å²) in [6, 6.07) is -0.376. The molecule has 0 saturated heterocycles. The highest BCUT2D eigenvalue weighted by molar-refractivity contribution is 7.14. The zero-order chi connectivity index (χ0) is 14.8. The molecule has 0 spiro atoms. The first-order valence-electron chi connectivity index (χ1n) is 6.30. The minimum absolute atomic E-state index is 0.00814. The third-order valence-electron chi connectivity index (χ3n) is 2.91. The number of thiazole rings is 2. The van der Waals surface area contributed by atoms with Crippen LogP contribution in [0.3, 0.4) is 0 Å². The summed E-state index contributed by atoms with van der Waals surface area (Å²) in [5, 5.41) is 18.6.